The van der Waals surface area contributed by atoms with Crippen LogP contribution in [0.25, 0.3) is 0 Å². The Kier molecular flexibility index (Phi) is 14.2. The lowest BCUT2D eigenvalue weighted by molar-refractivity contribution is -0.904. The van der Waals surface area contributed by atoms with Gasteiger partial charge in [-0.05, 0) is 49.9 Å². The molecule has 0 aliphatic rings. The number of carbonyl (C=O) groups is 2. The monoisotopic (exact) mass is 586 g/mol. The fourth-order valence-corrected chi connectivity index (χ4v) is 4.75. The summed E-state index contributed by atoms with van der Waals surface area (Å²) in [6, 6.07) is 7.22. The maximum Gasteiger partial charge on any atom is 0.414 e. The normalized spacial score (nSPS) is 11.7. The molecular weight excluding hydrogens is 532 g/mol. The lowest BCUT2D eigenvalue weighted by Crippen LogP contribution is -2.40. The molecule has 0 unspecified atom stereocenters. The zero-order valence-corrected chi connectivity index (χ0v) is 27.3. The van der Waals surface area contributed by atoms with Crippen LogP contribution in [0.15, 0.2) is 36.7 Å². The van der Waals surface area contributed by atoms with Gasteiger partial charge in [-0.15, -0.1) is 0 Å². The van der Waals surface area contributed by atoms with E-state index in [-0.39, 0.29) is 12.2 Å². The van der Waals surface area contributed by atoms with Gasteiger partial charge in [0.1, 0.15) is 24.5 Å². The van der Waals surface area contributed by atoms with Crippen LogP contribution in [0.4, 0.5) is 9.59 Å². The predicted molar refractivity (Wildman–Crippen MR) is 166 cm³/mol. The lowest BCUT2D eigenvalue weighted by Gasteiger charge is -2.30. The average molecular weight is 587 g/mol. The van der Waals surface area contributed by atoms with Crippen molar-refractivity contribution in [2.75, 3.05) is 69.5 Å². The average Bonchev–Trinajstić information content (AvgIpc) is 2.91. The molecule has 0 atom stereocenters. The largest absolute Gasteiger partial charge is 0.414 e. The van der Waals surface area contributed by atoms with Gasteiger partial charge in [-0.1, -0.05) is 25.7 Å². The Balaban J connectivity index is 1.62. The second-order valence-corrected chi connectivity index (χ2v) is 12.9. The number of ether oxygens (including phenoxy) is 2. The molecule has 42 heavy (non-hydrogen) atoms. The Morgan fingerprint density at radius 1 is 0.619 bits per heavy atom. The van der Waals surface area contributed by atoms with Crippen molar-refractivity contribution in [1.29, 1.82) is 0 Å². The summed E-state index contributed by atoms with van der Waals surface area (Å²) in [6.07, 6.45) is 12.6. The van der Waals surface area contributed by atoms with Gasteiger partial charge in [0, 0.05) is 40.6 Å². The molecular formula is C32H54N6O4+2. The van der Waals surface area contributed by atoms with Crippen molar-refractivity contribution in [1.82, 2.24) is 19.8 Å². The highest BCUT2D eigenvalue weighted by Crippen LogP contribution is 2.22. The molecule has 10 heteroatoms. The van der Waals surface area contributed by atoms with Gasteiger partial charge in [0.2, 0.25) is 0 Å². The summed E-state index contributed by atoms with van der Waals surface area (Å²) in [5.74, 6) is 1.08. The molecule has 0 aliphatic heterocycles. The van der Waals surface area contributed by atoms with Crippen LogP contribution < -0.4 is 9.47 Å². The Labute approximate surface area is 253 Å². The first kappa shape index (κ1) is 35.0. The fraction of sp³-hybridized carbons (Fsp3) is 0.625. The SMILES string of the molecule is CN(C)C(=O)Oc1cccnc1C[N+](C)(C)CCCCCCCCCC[N+](C)(C)Cc1ncccc1OC(=O)N(C)C. The number of amides is 2. The Morgan fingerprint density at radius 2 is 0.952 bits per heavy atom. The van der Waals surface area contributed by atoms with Crippen LogP contribution in [0.2, 0.25) is 0 Å². The van der Waals surface area contributed by atoms with E-state index in [0.717, 1.165) is 46.3 Å². The Bertz CT molecular complexity index is 1030. The third-order valence-electron chi connectivity index (χ3n) is 7.25. The molecule has 2 aromatic heterocycles. The number of nitrogens with zero attached hydrogens (tertiary/aromatic N) is 6. The number of aromatic nitrogens is 2. The number of carbonyl (C=O) groups excluding carboxylic acids is 2. The Hall–Kier alpha value is -3.24. The minimum Gasteiger partial charge on any atom is -0.408 e. The Morgan fingerprint density at radius 3 is 1.29 bits per heavy atom. The van der Waals surface area contributed by atoms with Crippen LogP contribution in [0, 0.1) is 0 Å². The van der Waals surface area contributed by atoms with E-state index in [0.29, 0.717) is 24.6 Å². The first-order chi connectivity index (χ1) is 19.8. The molecule has 234 valence electrons. The highest BCUT2D eigenvalue weighted by atomic mass is 16.6. The number of rotatable bonds is 17. The number of hydrogen-bond acceptors (Lipinski definition) is 6. The minimum absolute atomic E-state index is 0.389. The predicted octanol–water partition coefficient (Wildman–Crippen LogP) is 5.57. The summed E-state index contributed by atoms with van der Waals surface area (Å²) < 4.78 is 12.6. The van der Waals surface area contributed by atoms with Gasteiger partial charge < -0.3 is 28.2 Å². The molecule has 0 radical (unpaired) electrons. The summed E-state index contributed by atoms with van der Waals surface area (Å²) in [4.78, 5) is 35.8. The van der Waals surface area contributed by atoms with Crippen LogP contribution in [-0.4, -0.2) is 110 Å². The van der Waals surface area contributed by atoms with Gasteiger partial charge in [-0.25, -0.2) is 9.59 Å². The molecule has 0 aromatic carbocycles. The highest BCUT2D eigenvalue weighted by molar-refractivity contribution is 5.70. The molecule has 2 rings (SSSR count). The molecule has 0 N–H and O–H groups in total. The summed E-state index contributed by atoms with van der Waals surface area (Å²) >= 11 is 0. The van der Waals surface area contributed by atoms with E-state index in [9.17, 15) is 9.59 Å². The summed E-state index contributed by atoms with van der Waals surface area (Å²) in [7, 11) is 15.5. The second-order valence-electron chi connectivity index (χ2n) is 12.9. The van der Waals surface area contributed by atoms with Crippen molar-refractivity contribution in [3.8, 4) is 11.5 Å². The maximum absolute atomic E-state index is 12.0. The standard InChI is InChI=1S/C32H54N6O4/c1-35(2)31(39)41-29-19-17-21-33-27(29)25-37(5,6)23-15-13-11-9-10-12-14-16-24-38(7,8)26-28-30(20-18-22-34-28)42-32(40)36(3)4/h17-22H,9-16,23-26H2,1-8H3/q+2. The summed E-state index contributed by atoms with van der Waals surface area (Å²) in [5, 5.41) is 0. The van der Waals surface area contributed by atoms with Crippen LogP contribution in [0.5, 0.6) is 11.5 Å². The van der Waals surface area contributed by atoms with Crippen molar-refractivity contribution in [2.24, 2.45) is 0 Å². The molecule has 10 nitrogen and oxygen atoms in total. The first-order valence-electron chi connectivity index (χ1n) is 15.1. The van der Waals surface area contributed by atoms with E-state index in [2.05, 4.69) is 38.2 Å². The van der Waals surface area contributed by atoms with Crippen LogP contribution in [0.3, 0.4) is 0 Å². The van der Waals surface area contributed by atoms with Crippen molar-refractivity contribution in [2.45, 2.75) is 64.5 Å². The molecule has 0 fully saturated rings. The van der Waals surface area contributed by atoms with Gasteiger partial charge in [0.15, 0.2) is 11.5 Å². The minimum atomic E-state index is -0.389. The second kappa shape index (κ2) is 17.0. The van der Waals surface area contributed by atoms with E-state index in [1.165, 1.54) is 48.3 Å². The smallest absolute Gasteiger partial charge is 0.408 e. The van der Waals surface area contributed by atoms with E-state index >= 15 is 0 Å². The van der Waals surface area contributed by atoms with Gasteiger partial charge in [0.25, 0.3) is 0 Å². The maximum atomic E-state index is 12.0. The highest BCUT2D eigenvalue weighted by Gasteiger charge is 2.22. The molecule has 0 aliphatic carbocycles. The van der Waals surface area contributed by atoms with Crippen molar-refractivity contribution >= 4 is 12.2 Å². The van der Waals surface area contributed by atoms with Gasteiger partial charge >= 0.3 is 12.2 Å². The van der Waals surface area contributed by atoms with Gasteiger partial charge in [-0.2, -0.15) is 0 Å². The number of pyridine rings is 2. The molecule has 0 saturated heterocycles. The van der Waals surface area contributed by atoms with Crippen molar-refractivity contribution in [3.63, 3.8) is 0 Å². The molecule has 0 spiro atoms. The lowest BCUT2D eigenvalue weighted by atomic mass is 10.1. The first-order valence-corrected chi connectivity index (χ1v) is 15.1. The summed E-state index contributed by atoms with van der Waals surface area (Å²) in [6.45, 7) is 3.54. The van der Waals surface area contributed by atoms with E-state index in [1.54, 1.807) is 52.7 Å². The quantitative estimate of drug-likeness (QED) is 0.178. The van der Waals surface area contributed by atoms with E-state index < -0.39 is 0 Å². The zero-order valence-electron chi connectivity index (χ0n) is 27.3. The topological polar surface area (TPSA) is 84.9 Å². The number of hydrogen-bond donors (Lipinski definition) is 0. The number of unbranched alkanes of at least 4 members (excludes halogenated alkanes) is 7. The van der Waals surface area contributed by atoms with Crippen molar-refractivity contribution < 1.29 is 28.0 Å². The third kappa shape index (κ3) is 13.2. The van der Waals surface area contributed by atoms with E-state index in [4.69, 9.17) is 9.47 Å². The molecule has 0 saturated carbocycles. The third-order valence-corrected chi connectivity index (χ3v) is 7.25. The fourth-order valence-electron chi connectivity index (χ4n) is 4.75. The van der Waals surface area contributed by atoms with Crippen LogP contribution in [0.1, 0.15) is 62.8 Å². The van der Waals surface area contributed by atoms with Crippen LogP contribution in [-0.2, 0) is 13.1 Å². The van der Waals surface area contributed by atoms with Crippen LogP contribution >= 0.6 is 0 Å². The van der Waals surface area contributed by atoms with Crippen molar-refractivity contribution in [3.05, 3.63) is 48.0 Å². The molecule has 2 aromatic rings. The van der Waals surface area contributed by atoms with Gasteiger partial charge in [0.05, 0.1) is 41.3 Å². The zero-order chi connectivity index (χ0) is 31.2. The summed E-state index contributed by atoms with van der Waals surface area (Å²) in [5.41, 5.74) is 1.63. The van der Waals surface area contributed by atoms with E-state index in [1.807, 2.05) is 12.1 Å². The number of quaternary nitrogens is 2. The van der Waals surface area contributed by atoms with Gasteiger partial charge in [-0.3, -0.25) is 9.97 Å². The molecule has 2 heterocycles. The molecule has 2 amide bonds. The molecule has 0 bridgehead atoms.